The van der Waals surface area contributed by atoms with Crippen LogP contribution in [0.25, 0.3) is 11.1 Å². The normalized spacial score (nSPS) is 17.8. The van der Waals surface area contributed by atoms with Crippen LogP contribution in [0.2, 0.25) is 0 Å². The molecule has 2 aliphatic carbocycles. The molecular weight excluding hydrogens is 444 g/mol. The van der Waals surface area contributed by atoms with E-state index in [1.807, 2.05) is 0 Å². The fourth-order valence-corrected chi connectivity index (χ4v) is 6.90. The Morgan fingerprint density at radius 1 is 0.838 bits per heavy atom. The Balaban J connectivity index is 2.01. The molecule has 0 heterocycles. The first-order chi connectivity index (χ1) is 17.5. The predicted molar refractivity (Wildman–Crippen MR) is 163 cm³/mol. The van der Waals surface area contributed by atoms with Crippen LogP contribution in [0.15, 0.2) is 95.6 Å². The highest BCUT2D eigenvalue weighted by molar-refractivity contribution is 5.89. The highest BCUT2D eigenvalue weighted by atomic mass is 14.5. The van der Waals surface area contributed by atoms with E-state index < -0.39 is 0 Å². The van der Waals surface area contributed by atoms with E-state index in [-0.39, 0.29) is 16.7 Å². The van der Waals surface area contributed by atoms with Crippen LogP contribution in [-0.2, 0) is 0 Å². The molecule has 1 atom stereocenters. The predicted octanol–water partition coefficient (Wildman–Crippen LogP) is 10.8. The molecule has 0 bridgehead atoms. The van der Waals surface area contributed by atoms with E-state index in [4.69, 9.17) is 6.58 Å². The molecule has 2 aromatic carbocycles. The molecule has 0 radical (unpaired) electrons. The first-order valence-corrected chi connectivity index (χ1v) is 14.2. The summed E-state index contributed by atoms with van der Waals surface area (Å²) in [4.78, 5) is 0. The summed E-state index contributed by atoms with van der Waals surface area (Å²) in [5.74, 6) is 0.248. The van der Waals surface area contributed by atoms with Crippen LogP contribution in [0.5, 0.6) is 0 Å². The van der Waals surface area contributed by atoms with Gasteiger partial charge in [0.1, 0.15) is 0 Å². The van der Waals surface area contributed by atoms with Crippen molar-refractivity contribution in [2.24, 2.45) is 16.7 Å². The third kappa shape index (κ3) is 5.13. The van der Waals surface area contributed by atoms with E-state index >= 15 is 0 Å². The molecular formula is C37H46. The van der Waals surface area contributed by atoms with Crippen LogP contribution < -0.4 is 0 Å². The van der Waals surface area contributed by atoms with Crippen molar-refractivity contribution in [2.75, 3.05) is 0 Å². The second-order valence-corrected chi connectivity index (χ2v) is 12.5. The number of aryl methyl sites for hydroxylation is 2. The lowest BCUT2D eigenvalue weighted by Crippen LogP contribution is -2.25. The van der Waals surface area contributed by atoms with Crippen LogP contribution in [-0.4, -0.2) is 0 Å². The van der Waals surface area contributed by atoms with Crippen molar-refractivity contribution in [3.05, 3.63) is 118 Å². The van der Waals surface area contributed by atoms with Gasteiger partial charge in [-0.3, -0.25) is 0 Å². The zero-order chi connectivity index (χ0) is 27.0. The molecule has 37 heavy (non-hydrogen) atoms. The average Bonchev–Trinajstić information content (AvgIpc) is 3.20. The van der Waals surface area contributed by atoms with Gasteiger partial charge in [0.2, 0.25) is 0 Å². The van der Waals surface area contributed by atoms with Gasteiger partial charge in [-0.15, -0.1) is 0 Å². The number of allylic oxidation sites excluding steroid dienone is 9. The van der Waals surface area contributed by atoms with Crippen molar-refractivity contribution in [1.82, 2.24) is 0 Å². The number of benzene rings is 2. The van der Waals surface area contributed by atoms with E-state index in [1.54, 1.807) is 11.1 Å². The summed E-state index contributed by atoms with van der Waals surface area (Å²) in [5, 5.41) is 0. The molecule has 0 spiro atoms. The minimum atomic E-state index is 0.0604. The van der Waals surface area contributed by atoms with Gasteiger partial charge in [0, 0.05) is 5.92 Å². The third-order valence-corrected chi connectivity index (χ3v) is 8.48. The lowest BCUT2D eigenvalue weighted by molar-refractivity contribution is 0.356. The Labute approximate surface area is 226 Å². The summed E-state index contributed by atoms with van der Waals surface area (Å²) in [6.07, 6.45) is 12.0. The van der Waals surface area contributed by atoms with Gasteiger partial charge in [-0.05, 0) is 93.7 Å². The van der Waals surface area contributed by atoms with Crippen LogP contribution >= 0.6 is 0 Å². The van der Waals surface area contributed by atoms with E-state index in [0.29, 0.717) is 0 Å². The number of rotatable bonds is 9. The van der Waals surface area contributed by atoms with Crippen molar-refractivity contribution in [1.29, 1.82) is 0 Å². The van der Waals surface area contributed by atoms with Crippen LogP contribution in [0.4, 0.5) is 0 Å². The van der Waals surface area contributed by atoms with E-state index in [2.05, 4.69) is 122 Å². The number of hydrogen-bond acceptors (Lipinski definition) is 0. The minimum absolute atomic E-state index is 0.0604. The zero-order valence-corrected chi connectivity index (χ0v) is 24.5. The average molecular weight is 491 g/mol. The Hall–Kier alpha value is -2.86. The molecule has 0 nitrogen and oxygen atoms in total. The van der Waals surface area contributed by atoms with Crippen LogP contribution in [0.3, 0.4) is 0 Å². The monoisotopic (exact) mass is 490 g/mol. The summed E-state index contributed by atoms with van der Waals surface area (Å²) in [5.41, 5.74) is 13.9. The zero-order valence-electron chi connectivity index (χ0n) is 24.5. The van der Waals surface area contributed by atoms with Crippen molar-refractivity contribution in [3.8, 4) is 0 Å². The van der Waals surface area contributed by atoms with Gasteiger partial charge >= 0.3 is 0 Å². The Bertz CT molecular complexity index is 1300. The van der Waals surface area contributed by atoms with Gasteiger partial charge in [-0.1, -0.05) is 127 Å². The number of hydrogen-bond donors (Lipinski definition) is 0. The summed E-state index contributed by atoms with van der Waals surface area (Å²) >= 11 is 0. The molecule has 0 saturated carbocycles. The van der Waals surface area contributed by atoms with Crippen molar-refractivity contribution in [2.45, 2.75) is 81.1 Å². The lowest BCUT2D eigenvalue weighted by Gasteiger charge is -2.37. The van der Waals surface area contributed by atoms with Gasteiger partial charge < -0.3 is 0 Å². The smallest absolute Gasteiger partial charge is 0.0285 e. The van der Waals surface area contributed by atoms with E-state index in [9.17, 15) is 0 Å². The Kier molecular flexibility index (Phi) is 7.70. The second-order valence-electron chi connectivity index (χ2n) is 12.5. The lowest BCUT2D eigenvalue weighted by atomic mass is 9.67. The second kappa shape index (κ2) is 10.5. The summed E-state index contributed by atoms with van der Waals surface area (Å²) < 4.78 is 0. The summed E-state index contributed by atoms with van der Waals surface area (Å²) in [6, 6.07) is 17.7. The fourth-order valence-electron chi connectivity index (χ4n) is 6.90. The van der Waals surface area contributed by atoms with Crippen LogP contribution in [0.1, 0.15) is 89.5 Å². The van der Waals surface area contributed by atoms with Crippen molar-refractivity contribution >= 4 is 11.1 Å². The van der Waals surface area contributed by atoms with Gasteiger partial charge in [-0.2, -0.15) is 0 Å². The standard InChI is InChI=1S/C37H46/c1-10-21-36(6,7)34-32-24-29(28-15-13-12-14-16-28)18-20-31(32)33(35(34)37(8,9)22-11-2)27(5)30-19-17-25(3)23-26(30)4/h12-20,23-24,31H,5,10-11,21-22H2,1-4,6-9H3. The van der Waals surface area contributed by atoms with Gasteiger partial charge in [0.05, 0.1) is 0 Å². The molecule has 0 aromatic heterocycles. The largest absolute Gasteiger partial charge is 0.0908 e. The maximum absolute atomic E-state index is 4.81. The molecule has 4 rings (SSSR count). The van der Waals surface area contributed by atoms with Gasteiger partial charge in [0.25, 0.3) is 0 Å². The molecule has 0 aliphatic heterocycles. The molecule has 0 N–H and O–H groups in total. The quantitative estimate of drug-likeness (QED) is 0.328. The molecule has 0 heteroatoms. The van der Waals surface area contributed by atoms with Crippen LogP contribution in [0, 0.1) is 30.6 Å². The maximum atomic E-state index is 4.81. The van der Waals surface area contributed by atoms with E-state index in [0.717, 1.165) is 6.42 Å². The van der Waals surface area contributed by atoms with E-state index in [1.165, 1.54) is 63.8 Å². The molecule has 0 saturated heterocycles. The topological polar surface area (TPSA) is 0 Å². The first-order valence-electron chi connectivity index (χ1n) is 14.2. The molecule has 194 valence electrons. The first kappa shape index (κ1) is 27.2. The van der Waals surface area contributed by atoms with Crippen molar-refractivity contribution < 1.29 is 0 Å². The number of fused-ring (bicyclic) bond motifs is 1. The minimum Gasteiger partial charge on any atom is -0.0908 e. The molecule has 0 amide bonds. The Morgan fingerprint density at radius 2 is 1.46 bits per heavy atom. The third-order valence-electron chi connectivity index (χ3n) is 8.48. The molecule has 0 fully saturated rings. The summed E-state index contributed by atoms with van der Waals surface area (Å²) in [6.45, 7) is 23.7. The summed E-state index contributed by atoms with van der Waals surface area (Å²) in [7, 11) is 0. The molecule has 2 aromatic rings. The highest BCUT2D eigenvalue weighted by Gasteiger charge is 2.44. The Morgan fingerprint density at radius 3 is 2.05 bits per heavy atom. The fraction of sp³-hybridized carbons (Fsp3) is 0.405. The maximum Gasteiger partial charge on any atom is 0.0285 e. The van der Waals surface area contributed by atoms with Gasteiger partial charge in [-0.25, -0.2) is 0 Å². The SMILES string of the molecule is C=C(C1=C(C(C)(C)CCC)C(C(C)(C)CCC)=C2C=C(c3ccccc3)C=CC21)c1ccc(C)cc1C. The highest BCUT2D eigenvalue weighted by Crippen LogP contribution is 2.58. The van der Waals surface area contributed by atoms with Gasteiger partial charge in [0.15, 0.2) is 0 Å². The molecule has 2 aliphatic rings. The molecule has 1 unspecified atom stereocenters. The van der Waals surface area contributed by atoms with Crippen molar-refractivity contribution in [3.63, 3.8) is 0 Å².